The van der Waals surface area contributed by atoms with Crippen LogP contribution in [0.15, 0.2) is 15.8 Å². The molecule has 0 aromatic carbocycles. The summed E-state index contributed by atoms with van der Waals surface area (Å²) in [7, 11) is 0. The average molecular weight is 330 g/mol. The first-order valence-electron chi connectivity index (χ1n) is 6.81. The Kier molecular flexibility index (Phi) is 5.59. The summed E-state index contributed by atoms with van der Waals surface area (Å²) in [5.41, 5.74) is -0.839. The molecule has 2 rings (SSSR count). The number of aliphatic hydroxyl groups is 2. The smallest absolute Gasteiger partial charge is 0.330 e. The van der Waals surface area contributed by atoms with Crippen LogP contribution in [0.5, 0.6) is 0 Å². The van der Waals surface area contributed by atoms with Gasteiger partial charge in [-0.05, 0) is 18.7 Å². The summed E-state index contributed by atoms with van der Waals surface area (Å²) >= 11 is 4.71. The molecule has 0 radical (unpaired) electrons. The highest BCUT2D eigenvalue weighted by molar-refractivity contribution is 7.78. The lowest BCUT2D eigenvalue weighted by Gasteiger charge is -2.22. The van der Waals surface area contributed by atoms with Gasteiger partial charge in [-0.25, -0.2) is 4.79 Å². The van der Waals surface area contributed by atoms with E-state index in [9.17, 15) is 19.8 Å². The zero-order valence-corrected chi connectivity index (χ0v) is 12.8. The van der Waals surface area contributed by atoms with E-state index in [2.05, 4.69) is 4.98 Å². The van der Waals surface area contributed by atoms with Crippen LogP contribution in [0, 0.1) is 6.92 Å². The molecule has 1 aliphatic heterocycles. The Balaban J connectivity index is 2.33. The van der Waals surface area contributed by atoms with Crippen molar-refractivity contribution < 1.29 is 19.7 Å². The van der Waals surface area contributed by atoms with Gasteiger partial charge in [-0.1, -0.05) is 12.2 Å². The van der Waals surface area contributed by atoms with Crippen molar-refractivity contribution in [2.75, 3.05) is 13.2 Å². The number of nitrogens with one attached hydrogen (secondary N) is 1. The lowest BCUT2D eigenvalue weighted by molar-refractivity contribution is -0.0729. The third-order valence-electron chi connectivity index (χ3n) is 3.46. The van der Waals surface area contributed by atoms with E-state index in [4.69, 9.17) is 21.7 Å². The average Bonchev–Trinajstić information content (AvgIpc) is 2.80. The molecule has 1 saturated heterocycles. The molecular formula is C13H18N2O6S. The van der Waals surface area contributed by atoms with Gasteiger partial charge in [0.15, 0.2) is 6.23 Å². The van der Waals surface area contributed by atoms with Crippen LogP contribution in [0.3, 0.4) is 0 Å². The zero-order chi connectivity index (χ0) is 16.3. The van der Waals surface area contributed by atoms with E-state index in [0.717, 1.165) is 4.57 Å². The summed E-state index contributed by atoms with van der Waals surface area (Å²) < 4.78 is 12.2. The van der Waals surface area contributed by atoms with Crippen LogP contribution < -0.4 is 11.2 Å². The molecule has 0 unspecified atom stereocenters. The van der Waals surface area contributed by atoms with E-state index in [1.807, 2.05) is 0 Å². The Bertz CT molecular complexity index is 642. The molecule has 8 nitrogen and oxygen atoms in total. The van der Waals surface area contributed by atoms with E-state index in [1.54, 1.807) is 6.92 Å². The molecule has 1 aliphatic rings. The van der Waals surface area contributed by atoms with Gasteiger partial charge in [-0.2, -0.15) is 0 Å². The molecule has 2 heterocycles. The van der Waals surface area contributed by atoms with Gasteiger partial charge >= 0.3 is 5.69 Å². The quantitative estimate of drug-likeness (QED) is 0.447. The van der Waals surface area contributed by atoms with E-state index in [1.165, 1.54) is 11.6 Å². The molecule has 0 spiro atoms. The van der Waals surface area contributed by atoms with Gasteiger partial charge in [0.25, 0.3) is 5.56 Å². The van der Waals surface area contributed by atoms with Crippen molar-refractivity contribution >= 4 is 17.6 Å². The predicted molar refractivity (Wildman–Crippen MR) is 81.1 cm³/mol. The Morgan fingerprint density at radius 1 is 1.55 bits per heavy atom. The lowest BCUT2D eigenvalue weighted by atomic mass is 10.1. The van der Waals surface area contributed by atoms with Crippen LogP contribution >= 0.6 is 12.2 Å². The highest BCUT2D eigenvalue weighted by Gasteiger charge is 2.45. The number of ether oxygens (including phenoxy) is 2. The Morgan fingerprint density at radius 3 is 2.91 bits per heavy atom. The fraction of sp³-hybridized carbons (Fsp3) is 0.615. The predicted octanol–water partition coefficient (Wildman–Crippen LogP) is -1.13. The number of thiocarbonyl (C=S) groups is 1. The molecule has 1 aromatic rings. The molecule has 3 N–H and O–H groups in total. The van der Waals surface area contributed by atoms with Gasteiger partial charge in [0, 0.05) is 11.8 Å². The number of aliphatic hydroxyl groups excluding tert-OH is 2. The minimum absolute atomic E-state index is 0.250. The summed E-state index contributed by atoms with van der Waals surface area (Å²) in [5.74, 6) is 0. The number of aryl methyl sites for hydroxylation is 1. The van der Waals surface area contributed by atoms with Gasteiger partial charge in [0.2, 0.25) is 0 Å². The minimum atomic E-state index is -1.10. The van der Waals surface area contributed by atoms with Crippen LogP contribution in [-0.2, 0) is 9.47 Å². The molecule has 9 heteroatoms. The monoisotopic (exact) mass is 330 g/mol. The molecule has 0 amide bonds. The molecule has 0 bridgehead atoms. The summed E-state index contributed by atoms with van der Waals surface area (Å²) in [4.78, 5) is 25.6. The van der Waals surface area contributed by atoms with Crippen LogP contribution in [-0.4, -0.2) is 56.7 Å². The molecular weight excluding hydrogens is 312 g/mol. The first-order chi connectivity index (χ1) is 10.5. The summed E-state index contributed by atoms with van der Waals surface area (Å²) in [6.45, 7) is 1.38. The summed E-state index contributed by atoms with van der Waals surface area (Å²) in [5, 5.41) is 20.9. The second-order valence-corrected chi connectivity index (χ2v) is 5.34. The third kappa shape index (κ3) is 3.33. The Morgan fingerprint density at radius 2 is 2.27 bits per heavy atom. The van der Waals surface area contributed by atoms with Crippen molar-refractivity contribution in [1.82, 2.24) is 9.55 Å². The zero-order valence-electron chi connectivity index (χ0n) is 12.0. The second kappa shape index (κ2) is 7.25. The van der Waals surface area contributed by atoms with Gasteiger partial charge in [0.1, 0.15) is 18.3 Å². The molecule has 22 heavy (non-hydrogen) atoms. The first-order valence-corrected chi connectivity index (χ1v) is 7.28. The normalized spacial score (nSPS) is 28.0. The number of nitrogens with zero attached hydrogens (tertiary/aromatic N) is 1. The topological polar surface area (TPSA) is 114 Å². The molecule has 1 fully saturated rings. The molecule has 4 atom stereocenters. The fourth-order valence-corrected chi connectivity index (χ4v) is 2.40. The number of hydrogen-bond donors (Lipinski definition) is 3. The van der Waals surface area contributed by atoms with Crippen molar-refractivity contribution in [3.63, 3.8) is 0 Å². The first kappa shape index (κ1) is 17.0. The highest BCUT2D eigenvalue weighted by atomic mass is 32.1. The van der Waals surface area contributed by atoms with E-state index < -0.39 is 42.4 Å². The van der Waals surface area contributed by atoms with Crippen LogP contribution in [0.2, 0.25) is 0 Å². The SMILES string of the molecule is Cc1cn([C@@H]2O[C@H](CO)[C@@H](O)[C@H]2OCCC=S)c(=O)[nH]c1=O. The van der Waals surface area contributed by atoms with Crippen molar-refractivity contribution in [2.45, 2.75) is 37.9 Å². The van der Waals surface area contributed by atoms with Gasteiger partial charge < -0.3 is 19.7 Å². The summed E-state index contributed by atoms with van der Waals surface area (Å²) in [6.07, 6.45) is -1.93. The van der Waals surface area contributed by atoms with Gasteiger partial charge in [0.05, 0.1) is 13.2 Å². The third-order valence-corrected chi connectivity index (χ3v) is 3.69. The molecule has 122 valence electrons. The Labute approximate surface area is 131 Å². The Hall–Kier alpha value is -1.39. The molecule has 0 aliphatic carbocycles. The highest BCUT2D eigenvalue weighted by Crippen LogP contribution is 2.30. The molecule has 1 aromatic heterocycles. The largest absolute Gasteiger partial charge is 0.394 e. The van der Waals surface area contributed by atoms with Crippen LogP contribution in [0.25, 0.3) is 0 Å². The van der Waals surface area contributed by atoms with Crippen molar-refractivity contribution in [1.29, 1.82) is 0 Å². The number of rotatable bonds is 6. The van der Waals surface area contributed by atoms with Crippen molar-refractivity contribution in [3.8, 4) is 0 Å². The van der Waals surface area contributed by atoms with Gasteiger partial charge in [-0.15, -0.1) is 0 Å². The summed E-state index contributed by atoms with van der Waals surface area (Å²) in [6, 6.07) is 0. The number of H-pyrrole nitrogens is 1. The lowest BCUT2D eigenvalue weighted by Crippen LogP contribution is -2.40. The minimum Gasteiger partial charge on any atom is -0.394 e. The number of aromatic nitrogens is 2. The van der Waals surface area contributed by atoms with E-state index in [0.29, 0.717) is 12.0 Å². The van der Waals surface area contributed by atoms with Crippen molar-refractivity contribution in [3.05, 3.63) is 32.6 Å². The van der Waals surface area contributed by atoms with E-state index >= 15 is 0 Å². The maximum atomic E-state index is 12.0. The number of hydrogen-bond acceptors (Lipinski definition) is 7. The maximum Gasteiger partial charge on any atom is 0.330 e. The fourth-order valence-electron chi connectivity index (χ4n) is 2.30. The number of aromatic amines is 1. The van der Waals surface area contributed by atoms with Crippen LogP contribution in [0.4, 0.5) is 0 Å². The molecule has 0 saturated carbocycles. The standard InChI is InChI=1S/C13H18N2O6S/c1-7-5-15(13(19)14-11(7)18)12-10(20-3-2-4-22)9(17)8(6-16)21-12/h4-5,8-10,12,16-17H,2-3,6H2,1H3,(H,14,18,19)/t8-,9-,10-,12-/m1/s1. The second-order valence-electron chi connectivity index (χ2n) is 5.01. The van der Waals surface area contributed by atoms with Gasteiger partial charge in [-0.3, -0.25) is 14.3 Å². The van der Waals surface area contributed by atoms with Crippen molar-refractivity contribution in [2.24, 2.45) is 0 Å². The van der Waals surface area contributed by atoms with Crippen LogP contribution in [0.1, 0.15) is 18.2 Å². The maximum absolute atomic E-state index is 12.0. The van der Waals surface area contributed by atoms with E-state index in [-0.39, 0.29) is 6.61 Å².